The maximum atomic E-state index is 4.23. The Labute approximate surface area is 113 Å². The SMILES string of the molecule is Cc1cn[nH]c1CN1CCN(c2cnn(C)c2)CC1. The number of aromatic amines is 1. The third kappa shape index (κ3) is 2.63. The summed E-state index contributed by atoms with van der Waals surface area (Å²) in [5, 5.41) is 11.4. The molecule has 2 aromatic rings. The van der Waals surface area contributed by atoms with Crippen LogP contribution in [-0.2, 0) is 13.6 Å². The summed E-state index contributed by atoms with van der Waals surface area (Å²) in [6.45, 7) is 7.33. The van der Waals surface area contributed by atoms with Crippen molar-refractivity contribution in [1.29, 1.82) is 0 Å². The first-order valence-corrected chi connectivity index (χ1v) is 6.67. The van der Waals surface area contributed by atoms with Crippen molar-refractivity contribution in [3.63, 3.8) is 0 Å². The lowest BCUT2D eigenvalue weighted by molar-refractivity contribution is 0.246. The van der Waals surface area contributed by atoms with Crippen LogP contribution in [0.4, 0.5) is 5.69 Å². The molecule has 0 amide bonds. The van der Waals surface area contributed by atoms with Crippen LogP contribution >= 0.6 is 0 Å². The van der Waals surface area contributed by atoms with Gasteiger partial charge in [0.1, 0.15) is 0 Å². The van der Waals surface area contributed by atoms with E-state index in [1.54, 1.807) is 0 Å². The monoisotopic (exact) mass is 260 g/mol. The first-order valence-electron chi connectivity index (χ1n) is 6.67. The van der Waals surface area contributed by atoms with Gasteiger partial charge in [0.15, 0.2) is 0 Å². The van der Waals surface area contributed by atoms with Crippen LogP contribution in [0.15, 0.2) is 18.6 Å². The largest absolute Gasteiger partial charge is 0.366 e. The van der Waals surface area contributed by atoms with E-state index in [1.165, 1.54) is 16.9 Å². The molecule has 102 valence electrons. The zero-order valence-electron chi connectivity index (χ0n) is 11.5. The van der Waals surface area contributed by atoms with Gasteiger partial charge in [-0.3, -0.25) is 14.7 Å². The van der Waals surface area contributed by atoms with E-state index in [2.05, 4.69) is 38.2 Å². The summed E-state index contributed by atoms with van der Waals surface area (Å²) in [7, 11) is 1.96. The Bertz CT molecular complexity index is 535. The molecule has 1 aliphatic rings. The van der Waals surface area contributed by atoms with E-state index in [4.69, 9.17) is 0 Å². The van der Waals surface area contributed by atoms with Crippen LogP contribution in [-0.4, -0.2) is 51.1 Å². The second-order valence-electron chi connectivity index (χ2n) is 5.17. The van der Waals surface area contributed by atoms with Crippen LogP contribution in [0.3, 0.4) is 0 Å². The molecule has 2 aromatic heterocycles. The van der Waals surface area contributed by atoms with Gasteiger partial charge >= 0.3 is 0 Å². The van der Waals surface area contributed by atoms with E-state index in [0.29, 0.717) is 0 Å². The van der Waals surface area contributed by atoms with E-state index in [-0.39, 0.29) is 0 Å². The van der Waals surface area contributed by atoms with Crippen molar-refractivity contribution in [3.05, 3.63) is 29.8 Å². The van der Waals surface area contributed by atoms with Gasteiger partial charge in [0.2, 0.25) is 0 Å². The van der Waals surface area contributed by atoms with Gasteiger partial charge in [-0.15, -0.1) is 0 Å². The molecule has 0 atom stereocenters. The van der Waals surface area contributed by atoms with Crippen LogP contribution in [0.2, 0.25) is 0 Å². The molecule has 3 heterocycles. The lowest BCUT2D eigenvalue weighted by Crippen LogP contribution is -2.46. The second-order valence-corrected chi connectivity index (χ2v) is 5.17. The Hall–Kier alpha value is -1.82. The summed E-state index contributed by atoms with van der Waals surface area (Å²) in [5.41, 5.74) is 3.70. The van der Waals surface area contributed by atoms with E-state index < -0.39 is 0 Å². The topological polar surface area (TPSA) is 53.0 Å². The molecule has 0 saturated carbocycles. The number of anilines is 1. The molecule has 1 saturated heterocycles. The number of hydrogen-bond acceptors (Lipinski definition) is 4. The van der Waals surface area contributed by atoms with Crippen molar-refractivity contribution in [3.8, 4) is 0 Å². The minimum atomic E-state index is 0.965. The third-order valence-corrected chi connectivity index (χ3v) is 3.74. The standard InChI is InChI=1S/C13H20N6/c1-11-7-14-16-13(11)10-18-3-5-19(6-4-18)12-8-15-17(2)9-12/h7-9H,3-6,10H2,1-2H3,(H,14,16). The fourth-order valence-electron chi connectivity index (χ4n) is 2.49. The van der Waals surface area contributed by atoms with Gasteiger partial charge in [0, 0.05) is 46.0 Å². The van der Waals surface area contributed by atoms with Crippen molar-refractivity contribution < 1.29 is 0 Å². The Morgan fingerprint density at radius 2 is 2.00 bits per heavy atom. The fraction of sp³-hybridized carbons (Fsp3) is 0.538. The van der Waals surface area contributed by atoms with Gasteiger partial charge in [-0.1, -0.05) is 0 Å². The van der Waals surface area contributed by atoms with Crippen molar-refractivity contribution >= 4 is 5.69 Å². The molecular weight excluding hydrogens is 240 g/mol. The van der Waals surface area contributed by atoms with E-state index >= 15 is 0 Å². The smallest absolute Gasteiger partial charge is 0.0753 e. The van der Waals surface area contributed by atoms with Gasteiger partial charge in [0.05, 0.1) is 23.8 Å². The maximum absolute atomic E-state index is 4.23. The lowest BCUT2D eigenvalue weighted by atomic mass is 10.2. The average molecular weight is 260 g/mol. The molecule has 1 N–H and O–H groups in total. The predicted molar refractivity (Wildman–Crippen MR) is 74.0 cm³/mol. The number of aromatic nitrogens is 4. The molecule has 1 fully saturated rings. The lowest BCUT2D eigenvalue weighted by Gasteiger charge is -2.35. The van der Waals surface area contributed by atoms with Gasteiger partial charge in [0.25, 0.3) is 0 Å². The highest BCUT2D eigenvalue weighted by Crippen LogP contribution is 2.16. The predicted octanol–water partition coefficient (Wildman–Crippen LogP) is 0.774. The molecule has 0 bridgehead atoms. The Morgan fingerprint density at radius 3 is 2.58 bits per heavy atom. The highest BCUT2D eigenvalue weighted by atomic mass is 15.3. The van der Waals surface area contributed by atoms with Crippen LogP contribution in [0.5, 0.6) is 0 Å². The highest BCUT2D eigenvalue weighted by molar-refractivity contribution is 5.42. The molecule has 6 nitrogen and oxygen atoms in total. The quantitative estimate of drug-likeness (QED) is 0.886. The Balaban J connectivity index is 1.56. The Kier molecular flexibility index (Phi) is 3.25. The normalized spacial score (nSPS) is 17.1. The zero-order chi connectivity index (χ0) is 13.2. The molecule has 0 radical (unpaired) electrons. The molecular formula is C13H20N6. The first-order chi connectivity index (χ1) is 9.22. The molecule has 1 aliphatic heterocycles. The van der Waals surface area contributed by atoms with Crippen LogP contribution in [0, 0.1) is 6.92 Å². The average Bonchev–Trinajstić information content (AvgIpc) is 3.00. The first kappa shape index (κ1) is 12.2. The minimum absolute atomic E-state index is 0.965. The number of H-pyrrole nitrogens is 1. The van der Waals surface area contributed by atoms with Crippen molar-refractivity contribution in [1.82, 2.24) is 24.9 Å². The molecule has 0 aliphatic carbocycles. The number of rotatable bonds is 3. The van der Waals surface area contributed by atoms with Crippen molar-refractivity contribution in [2.45, 2.75) is 13.5 Å². The molecule has 0 aromatic carbocycles. The summed E-state index contributed by atoms with van der Waals surface area (Å²) in [6, 6.07) is 0. The number of nitrogens with one attached hydrogen (secondary N) is 1. The number of hydrogen-bond donors (Lipinski definition) is 1. The summed E-state index contributed by atoms with van der Waals surface area (Å²) < 4.78 is 1.86. The molecule has 0 unspecified atom stereocenters. The molecule has 6 heteroatoms. The number of nitrogens with zero attached hydrogens (tertiary/aromatic N) is 5. The van der Waals surface area contributed by atoms with E-state index in [0.717, 1.165) is 32.7 Å². The van der Waals surface area contributed by atoms with Crippen molar-refractivity contribution in [2.24, 2.45) is 7.05 Å². The van der Waals surface area contributed by atoms with Gasteiger partial charge < -0.3 is 4.90 Å². The molecule has 3 rings (SSSR count). The zero-order valence-corrected chi connectivity index (χ0v) is 11.5. The summed E-state index contributed by atoms with van der Waals surface area (Å²) in [4.78, 5) is 4.86. The van der Waals surface area contributed by atoms with Gasteiger partial charge in [-0.25, -0.2) is 0 Å². The molecule has 19 heavy (non-hydrogen) atoms. The summed E-state index contributed by atoms with van der Waals surface area (Å²) >= 11 is 0. The fourth-order valence-corrected chi connectivity index (χ4v) is 2.49. The van der Waals surface area contributed by atoms with Crippen LogP contribution < -0.4 is 4.90 Å². The maximum Gasteiger partial charge on any atom is 0.0753 e. The number of aryl methyl sites for hydroxylation is 2. The second kappa shape index (κ2) is 5.05. The highest BCUT2D eigenvalue weighted by Gasteiger charge is 2.19. The van der Waals surface area contributed by atoms with Crippen molar-refractivity contribution in [2.75, 3.05) is 31.1 Å². The van der Waals surface area contributed by atoms with Gasteiger partial charge in [-0.05, 0) is 12.5 Å². The van der Waals surface area contributed by atoms with Crippen LogP contribution in [0.1, 0.15) is 11.3 Å². The van der Waals surface area contributed by atoms with Gasteiger partial charge in [-0.2, -0.15) is 10.2 Å². The molecule has 0 spiro atoms. The summed E-state index contributed by atoms with van der Waals surface area (Å²) in [6.07, 6.45) is 5.91. The Morgan fingerprint density at radius 1 is 1.21 bits per heavy atom. The van der Waals surface area contributed by atoms with E-state index in [9.17, 15) is 0 Å². The summed E-state index contributed by atoms with van der Waals surface area (Å²) in [5.74, 6) is 0. The van der Waals surface area contributed by atoms with Crippen LogP contribution in [0.25, 0.3) is 0 Å². The van der Waals surface area contributed by atoms with E-state index in [1.807, 2.05) is 24.1 Å². The third-order valence-electron chi connectivity index (χ3n) is 3.74. The number of piperazine rings is 1. The minimum Gasteiger partial charge on any atom is -0.366 e.